The average Bonchev–Trinajstić information content (AvgIpc) is 3.16. The van der Waals surface area contributed by atoms with Crippen molar-refractivity contribution in [3.8, 4) is 0 Å². The monoisotopic (exact) mass is 436 g/mol. The van der Waals surface area contributed by atoms with Crippen LogP contribution in [-0.2, 0) is 10.0 Å². The van der Waals surface area contributed by atoms with E-state index in [2.05, 4.69) is 34.1 Å². The van der Waals surface area contributed by atoms with Gasteiger partial charge in [0.2, 0.25) is 10.0 Å². The van der Waals surface area contributed by atoms with Crippen molar-refractivity contribution in [2.45, 2.75) is 38.1 Å². The van der Waals surface area contributed by atoms with E-state index in [0.29, 0.717) is 0 Å². The minimum atomic E-state index is -3.07. The Labute approximate surface area is 178 Å². The van der Waals surface area contributed by atoms with Crippen LogP contribution in [0.3, 0.4) is 0 Å². The number of anilines is 1. The van der Waals surface area contributed by atoms with E-state index >= 15 is 0 Å². The zero-order valence-corrected chi connectivity index (χ0v) is 19.1. The highest BCUT2D eigenvalue weighted by Gasteiger charge is 2.28. The van der Waals surface area contributed by atoms with Gasteiger partial charge in [-0.2, -0.15) is 4.37 Å². The summed E-state index contributed by atoms with van der Waals surface area (Å²) in [5.74, 6) is 1.89. The first kappa shape index (κ1) is 21.0. The zero-order valence-electron chi connectivity index (χ0n) is 17.5. The van der Waals surface area contributed by atoms with Gasteiger partial charge < -0.3 is 4.90 Å². The Morgan fingerprint density at radius 3 is 2.48 bits per heavy atom. The van der Waals surface area contributed by atoms with Crippen molar-refractivity contribution in [3.63, 3.8) is 0 Å². The fourth-order valence-electron chi connectivity index (χ4n) is 4.72. The van der Waals surface area contributed by atoms with Crippen LogP contribution in [-0.4, -0.2) is 74.1 Å². The van der Waals surface area contributed by atoms with Gasteiger partial charge in [-0.3, -0.25) is 4.90 Å². The molecule has 1 saturated carbocycles. The van der Waals surface area contributed by atoms with Crippen LogP contribution in [0.4, 0.5) is 5.82 Å². The number of benzene rings is 1. The molecule has 1 saturated heterocycles. The molecule has 2 aliphatic rings. The van der Waals surface area contributed by atoms with Gasteiger partial charge in [-0.05, 0) is 68.2 Å². The van der Waals surface area contributed by atoms with Crippen LogP contribution in [0.5, 0.6) is 0 Å². The first-order valence-corrected chi connectivity index (χ1v) is 13.3. The van der Waals surface area contributed by atoms with Gasteiger partial charge in [0.1, 0.15) is 5.82 Å². The van der Waals surface area contributed by atoms with Crippen molar-refractivity contribution >= 4 is 37.5 Å². The molecule has 2 aromatic rings. The summed E-state index contributed by atoms with van der Waals surface area (Å²) in [5.41, 5.74) is 0. The zero-order chi connectivity index (χ0) is 20.4. The molecule has 0 spiro atoms. The SMILES string of the molecule is CN(C1CCC(CCN2CCN(c3nsc4ccccc34)CC2)CC1)S(C)(=O)=O. The van der Waals surface area contributed by atoms with E-state index in [0.717, 1.165) is 70.1 Å². The third kappa shape index (κ3) is 4.93. The van der Waals surface area contributed by atoms with Gasteiger partial charge in [-0.1, -0.05) is 12.1 Å². The summed E-state index contributed by atoms with van der Waals surface area (Å²) >= 11 is 1.59. The first-order valence-electron chi connectivity index (χ1n) is 10.7. The molecular weight excluding hydrogens is 404 g/mol. The Morgan fingerprint density at radius 2 is 1.79 bits per heavy atom. The molecule has 1 aromatic heterocycles. The van der Waals surface area contributed by atoms with Crippen LogP contribution in [0, 0.1) is 5.92 Å². The van der Waals surface area contributed by atoms with E-state index in [-0.39, 0.29) is 6.04 Å². The number of rotatable bonds is 6. The summed E-state index contributed by atoms with van der Waals surface area (Å²) in [6, 6.07) is 8.69. The second kappa shape index (κ2) is 8.88. The van der Waals surface area contributed by atoms with Crippen molar-refractivity contribution in [1.29, 1.82) is 0 Å². The fraction of sp³-hybridized carbons (Fsp3) is 0.667. The maximum absolute atomic E-state index is 11.7. The van der Waals surface area contributed by atoms with Crippen LogP contribution in [0.15, 0.2) is 24.3 Å². The Balaban J connectivity index is 1.21. The minimum Gasteiger partial charge on any atom is -0.353 e. The molecule has 2 heterocycles. The van der Waals surface area contributed by atoms with Crippen molar-refractivity contribution in [1.82, 2.24) is 13.6 Å². The highest BCUT2D eigenvalue weighted by atomic mass is 32.2. The highest BCUT2D eigenvalue weighted by Crippen LogP contribution is 2.31. The lowest BCUT2D eigenvalue weighted by Crippen LogP contribution is -2.47. The topological polar surface area (TPSA) is 56.8 Å². The molecule has 8 heteroatoms. The van der Waals surface area contributed by atoms with Crippen molar-refractivity contribution < 1.29 is 8.42 Å². The van der Waals surface area contributed by atoms with Crippen LogP contribution < -0.4 is 4.90 Å². The number of aromatic nitrogens is 1. The predicted molar refractivity (Wildman–Crippen MR) is 121 cm³/mol. The van der Waals surface area contributed by atoms with E-state index in [1.807, 2.05) is 0 Å². The van der Waals surface area contributed by atoms with E-state index in [1.54, 1.807) is 22.9 Å². The third-order valence-corrected chi connectivity index (χ3v) is 8.90. The number of hydrogen-bond acceptors (Lipinski definition) is 6. The molecular formula is C21H32N4O2S2. The summed E-state index contributed by atoms with van der Waals surface area (Å²) in [5, 5.41) is 1.28. The second-order valence-electron chi connectivity index (χ2n) is 8.57. The van der Waals surface area contributed by atoms with Gasteiger partial charge in [0.15, 0.2) is 0 Å². The summed E-state index contributed by atoms with van der Waals surface area (Å²) in [6.45, 7) is 5.43. The molecule has 0 amide bonds. The molecule has 0 unspecified atom stereocenters. The Bertz CT molecular complexity index is 914. The van der Waals surface area contributed by atoms with Crippen molar-refractivity contribution in [2.24, 2.45) is 5.92 Å². The molecule has 0 radical (unpaired) electrons. The molecule has 2 fully saturated rings. The fourth-order valence-corrected chi connectivity index (χ4v) is 6.27. The van der Waals surface area contributed by atoms with Crippen molar-refractivity contribution in [2.75, 3.05) is 50.9 Å². The summed E-state index contributed by atoms with van der Waals surface area (Å²) < 4.78 is 31.0. The lowest BCUT2D eigenvalue weighted by molar-refractivity contribution is 0.194. The Kier molecular flexibility index (Phi) is 6.44. The van der Waals surface area contributed by atoms with Gasteiger partial charge in [0, 0.05) is 44.7 Å². The highest BCUT2D eigenvalue weighted by molar-refractivity contribution is 7.88. The molecule has 0 bridgehead atoms. The van der Waals surface area contributed by atoms with Crippen LogP contribution in [0.1, 0.15) is 32.1 Å². The molecule has 0 N–H and O–H groups in total. The van der Waals surface area contributed by atoms with E-state index in [1.165, 1.54) is 22.8 Å². The van der Waals surface area contributed by atoms with E-state index in [4.69, 9.17) is 4.37 Å². The third-order valence-electron chi connectivity index (χ3n) is 6.74. The first-order chi connectivity index (χ1) is 13.9. The smallest absolute Gasteiger partial charge is 0.211 e. The Hall–Kier alpha value is -1.22. The summed E-state index contributed by atoms with van der Waals surface area (Å²) in [6.07, 6.45) is 6.84. The number of piperazine rings is 1. The number of hydrogen-bond donors (Lipinski definition) is 0. The maximum atomic E-state index is 11.7. The summed E-state index contributed by atoms with van der Waals surface area (Å²) in [7, 11) is -1.34. The molecule has 29 heavy (non-hydrogen) atoms. The Morgan fingerprint density at radius 1 is 1.10 bits per heavy atom. The largest absolute Gasteiger partial charge is 0.353 e. The quantitative estimate of drug-likeness (QED) is 0.696. The van der Waals surface area contributed by atoms with Gasteiger partial charge in [0.05, 0.1) is 11.0 Å². The van der Waals surface area contributed by atoms with Crippen LogP contribution >= 0.6 is 11.5 Å². The maximum Gasteiger partial charge on any atom is 0.211 e. The molecule has 160 valence electrons. The normalized spacial score (nSPS) is 24.4. The second-order valence-corrected chi connectivity index (χ2v) is 11.4. The average molecular weight is 437 g/mol. The molecule has 1 aromatic carbocycles. The van der Waals surface area contributed by atoms with E-state index in [9.17, 15) is 8.42 Å². The minimum absolute atomic E-state index is 0.192. The van der Waals surface area contributed by atoms with Gasteiger partial charge in [-0.25, -0.2) is 12.7 Å². The van der Waals surface area contributed by atoms with Crippen LogP contribution in [0.2, 0.25) is 0 Å². The molecule has 1 aliphatic carbocycles. The lowest BCUT2D eigenvalue weighted by Gasteiger charge is -2.37. The van der Waals surface area contributed by atoms with Crippen molar-refractivity contribution in [3.05, 3.63) is 24.3 Å². The number of sulfonamides is 1. The lowest BCUT2D eigenvalue weighted by atomic mass is 9.84. The standard InChI is InChI=1S/C21H32N4O2S2/c1-23(29(2,26)27)18-9-7-17(8-10-18)11-12-24-13-15-25(16-14-24)21-19-5-3-4-6-20(19)28-22-21/h3-6,17-18H,7-16H2,1-2H3. The molecule has 0 atom stereocenters. The van der Waals surface area contributed by atoms with Gasteiger partial charge in [0.25, 0.3) is 0 Å². The summed E-state index contributed by atoms with van der Waals surface area (Å²) in [4.78, 5) is 5.02. The number of nitrogens with zero attached hydrogens (tertiary/aromatic N) is 4. The molecule has 6 nitrogen and oxygen atoms in total. The van der Waals surface area contributed by atoms with E-state index < -0.39 is 10.0 Å². The molecule has 1 aliphatic heterocycles. The predicted octanol–water partition coefficient (Wildman–Crippen LogP) is 3.26. The molecule has 4 rings (SSSR count). The number of fused-ring (bicyclic) bond motifs is 1. The van der Waals surface area contributed by atoms with Gasteiger partial charge in [-0.15, -0.1) is 0 Å². The van der Waals surface area contributed by atoms with Crippen LogP contribution in [0.25, 0.3) is 10.1 Å². The van der Waals surface area contributed by atoms with Gasteiger partial charge >= 0.3 is 0 Å².